The zero-order valence-electron chi connectivity index (χ0n) is 46.1. The lowest BCUT2D eigenvalue weighted by atomic mass is 9.57. The fourth-order valence-corrected chi connectivity index (χ4v) is 14.0. The zero-order valence-corrected chi connectivity index (χ0v) is 48.3. The molecule has 2 saturated carbocycles. The van der Waals surface area contributed by atoms with E-state index in [9.17, 15) is 72.6 Å². The van der Waals surface area contributed by atoms with Crippen molar-refractivity contribution < 1.29 is 82.1 Å². The highest BCUT2D eigenvalue weighted by Crippen LogP contribution is 2.55. The fraction of sp³-hybridized carbons (Fsp3) is 0.323. The molecule has 0 heterocycles. The largest absolute Gasteiger partial charge is 0.507 e. The van der Waals surface area contributed by atoms with Gasteiger partial charge in [-0.3, -0.25) is 38.6 Å². The second kappa shape index (κ2) is 24.2. The molecule has 8 atom stereocenters. The summed E-state index contributed by atoms with van der Waals surface area (Å²) in [6, 6.07) is 26.6. The van der Waals surface area contributed by atoms with Gasteiger partial charge in [-0.05, 0) is 152 Å². The molecule has 2 amide bonds. The number of primary amides is 2. The number of carbonyl (C=O) groups is 6. The Bertz CT molecular complexity index is 3790. The van der Waals surface area contributed by atoms with Crippen LogP contribution in [0, 0.1) is 27.2 Å². The van der Waals surface area contributed by atoms with Gasteiger partial charge in [-0.2, -0.15) is 13.2 Å². The maximum Gasteiger partial charge on any atom is 0.416 e. The van der Waals surface area contributed by atoms with E-state index in [0.717, 1.165) is 26.8 Å². The van der Waals surface area contributed by atoms with Crippen molar-refractivity contribution in [2.24, 2.45) is 35.1 Å². The van der Waals surface area contributed by atoms with Crippen LogP contribution in [0.2, 0.25) is 0 Å². The number of aliphatic hydroxyl groups is 4. The van der Waals surface area contributed by atoms with Crippen molar-refractivity contribution in [2.75, 3.05) is 28.2 Å². The predicted molar refractivity (Wildman–Crippen MR) is 322 cm³/mol. The molecule has 87 heavy (non-hydrogen) atoms. The molecule has 5 aromatic carbocycles. The van der Waals surface area contributed by atoms with Crippen molar-refractivity contribution in [3.8, 4) is 22.6 Å². The summed E-state index contributed by atoms with van der Waals surface area (Å²) in [6.45, 7) is 0.00602. The van der Waals surface area contributed by atoms with Gasteiger partial charge in [-0.25, -0.2) is 0 Å². The summed E-state index contributed by atoms with van der Waals surface area (Å²) < 4.78 is 52.7. The van der Waals surface area contributed by atoms with Crippen molar-refractivity contribution in [3.05, 3.63) is 186 Å². The van der Waals surface area contributed by atoms with Gasteiger partial charge in [-0.15, -0.1) is 0 Å². The molecule has 22 heteroatoms. The third kappa shape index (κ3) is 10.8. The Kier molecular flexibility index (Phi) is 18.0. The first-order valence-corrected chi connectivity index (χ1v) is 28.0. The van der Waals surface area contributed by atoms with Gasteiger partial charge in [0.2, 0.25) is 23.1 Å². The number of nitrogens with zero attached hydrogens (tertiary/aromatic N) is 2. The first-order valence-electron chi connectivity index (χ1n) is 26.9. The molecular formula is C65H66F3IN4O14. The molecule has 6 aliphatic carbocycles. The monoisotopic (exact) mass is 1310 g/mol. The number of benzene rings is 5. The number of aromatic hydroxyl groups is 2. The molecule has 0 bridgehead atoms. The van der Waals surface area contributed by atoms with E-state index >= 15 is 0 Å². The molecule has 10 N–H and O–H groups in total. The van der Waals surface area contributed by atoms with Crippen molar-refractivity contribution >= 4 is 69.1 Å². The minimum atomic E-state index is -4.55. The Labute approximate surface area is 513 Å². The van der Waals surface area contributed by atoms with Gasteiger partial charge >= 0.3 is 6.18 Å². The van der Waals surface area contributed by atoms with Crippen LogP contribution >= 0.6 is 22.6 Å². The van der Waals surface area contributed by atoms with Crippen LogP contribution < -0.4 is 11.5 Å². The number of phenolic OH excluding ortho intramolecular Hbond substituents is 2. The number of nitrogens with two attached hydrogens (primary N) is 2. The molecule has 0 aliphatic heterocycles. The number of carbonyl (C=O) groups excluding carboxylic acids is 6. The van der Waals surface area contributed by atoms with Crippen molar-refractivity contribution in [1.29, 1.82) is 0 Å². The second-order valence-electron chi connectivity index (χ2n) is 22.4. The second-order valence-corrected chi connectivity index (χ2v) is 23.6. The summed E-state index contributed by atoms with van der Waals surface area (Å²) >= 11 is 2.11. The average molecular weight is 1310 g/mol. The highest BCUT2D eigenvalue weighted by atomic mass is 127. The van der Waals surface area contributed by atoms with E-state index in [1.165, 1.54) is 30.3 Å². The number of rotatable bonds is 11. The number of Topliss-reactive ketones (excluding diaryl/α,β-unsaturated/α-hetero) is 4. The molecule has 0 radical (unpaired) electrons. The summed E-state index contributed by atoms with van der Waals surface area (Å²) in [4.78, 5) is 84.6. The molecular weight excluding hydrogens is 1240 g/mol. The molecule has 11 rings (SSSR count). The summed E-state index contributed by atoms with van der Waals surface area (Å²) in [6.07, 6.45) is -4.08. The number of likely N-dealkylation sites (N-methyl/N-ethyl adjacent to an activating group) is 2. The van der Waals surface area contributed by atoms with E-state index in [0.29, 0.717) is 28.7 Å². The van der Waals surface area contributed by atoms with Crippen molar-refractivity contribution in [3.63, 3.8) is 0 Å². The van der Waals surface area contributed by atoms with Gasteiger partial charge in [0.15, 0.2) is 11.2 Å². The lowest BCUT2D eigenvalue weighted by molar-refractivity contribution is -0.164. The topological polar surface area (TPSA) is 301 Å². The Hall–Kier alpha value is -8.16. The third-order valence-corrected chi connectivity index (χ3v) is 18.1. The van der Waals surface area contributed by atoms with Gasteiger partial charge in [0.25, 0.3) is 11.8 Å². The summed E-state index contributed by atoms with van der Waals surface area (Å²) in [5.74, 6) is -12.1. The standard InChI is InChI=1S/C35H31F3N2O7.C28H27IN2O7.2CH4/c1-40(2)28-23-15-19-14-22-21(18-8-10-20(11-9-18)35(36,37)38)12-13-24(41)26(22)29(42)25(19)31(43)34(23,46)32(44)27(33(39)45)30(28)47-16-17-6-4-3-5-7-17;1-31(2)22-16-11-14-10-15-17(29)8-9-18(32)20(15)23(33)19(14)25(34)28(16,37)26(35)21(27(30)36)24(22)38-12-13-6-4-3-5-7-13;;/h3-13,19,23,28,41-42,46H,14-16H2,1-2H3,(H2,39,45);3-9,14,16,22,32-33,37H,10-12H2,1-2H3,(H2,30,36);2*1H4/t19-,23-,28-,34-;14-,16-,22-,28-;;/m00../s1. The number of hydrogen-bond acceptors (Lipinski definition) is 16. The third-order valence-electron chi connectivity index (χ3n) is 17.1. The quantitative estimate of drug-likeness (QED) is 0.0355. The predicted octanol–water partition coefficient (Wildman–Crippen LogP) is 7.81. The first kappa shape index (κ1) is 64.8. The van der Waals surface area contributed by atoms with Gasteiger partial charge in [0, 0.05) is 26.6 Å². The molecule has 2 fully saturated rings. The Morgan fingerprint density at radius 2 is 0.977 bits per heavy atom. The van der Waals surface area contributed by atoms with Crippen LogP contribution in [0.15, 0.2) is 143 Å². The summed E-state index contributed by atoms with van der Waals surface area (Å²) in [5, 5.41) is 67.9. The van der Waals surface area contributed by atoms with Crippen LogP contribution in [-0.2, 0) is 70.5 Å². The van der Waals surface area contributed by atoms with Gasteiger partial charge in [-0.1, -0.05) is 93.7 Å². The zero-order chi connectivity index (χ0) is 61.5. The minimum absolute atomic E-state index is 0. The number of alkyl halides is 3. The first-order chi connectivity index (χ1) is 40.1. The van der Waals surface area contributed by atoms with E-state index in [1.54, 1.807) is 68.3 Å². The molecule has 18 nitrogen and oxygen atoms in total. The minimum Gasteiger partial charge on any atom is -0.507 e. The van der Waals surface area contributed by atoms with Crippen molar-refractivity contribution in [1.82, 2.24) is 9.80 Å². The number of amides is 2. The highest BCUT2D eigenvalue weighted by molar-refractivity contribution is 14.1. The Morgan fingerprint density at radius 3 is 1.37 bits per heavy atom. The lowest BCUT2D eigenvalue weighted by Gasteiger charge is -2.50. The normalized spacial score (nSPS) is 24.7. The van der Waals surface area contributed by atoms with Gasteiger partial charge in [0.1, 0.15) is 58.9 Å². The SMILES string of the molecule is C.C.CN(C)[C@@H]1C(OCc2ccccc2)=C(C(N)=O)C(=O)[C@@]2(O)C(=O)C3=C(O)c4c(O)ccc(-c5ccc(C(F)(F)F)cc5)c4C[C@H]3C[C@@H]12.CN(C)[C@@H]1C(OCc2ccccc2)=C(C(N)=O)C(=O)[C@@]2(O)C(=O)C3=C(O)c4c(O)ccc(I)c4C[C@H]3C[C@@H]12. The maximum atomic E-state index is 14.3. The number of phenols is 2. The molecule has 5 aromatic rings. The number of aliphatic hydroxyl groups excluding tert-OH is 2. The smallest absolute Gasteiger partial charge is 0.416 e. The van der Waals surface area contributed by atoms with Crippen LogP contribution in [0.4, 0.5) is 13.2 Å². The Morgan fingerprint density at radius 1 is 0.586 bits per heavy atom. The van der Waals surface area contributed by atoms with Crippen LogP contribution in [0.1, 0.15) is 66.6 Å². The maximum absolute atomic E-state index is 14.3. The molecule has 0 unspecified atom stereocenters. The summed E-state index contributed by atoms with van der Waals surface area (Å²) in [5.41, 5.74) is 6.74. The lowest BCUT2D eigenvalue weighted by Crippen LogP contribution is -2.67. The number of fused-ring (bicyclic) bond motifs is 6. The van der Waals surface area contributed by atoms with Crippen LogP contribution in [0.25, 0.3) is 22.6 Å². The number of halogens is 4. The van der Waals surface area contributed by atoms with Gasteiger partial charge in [0.05, 0.1) is 28.8 Å². The average Bonchev–Trinajstić information content (AvgIpc) is 0.713. The molecule has 458 valence electrons. The van der Waals surface area contributed by atoms with E-state index in [1.807, 2.05) is 36.4 Å². The van der Waals surface area contributed by atoms with Crippen LogP contribution in [0.3, 0.4) is 0 Å². The van der Waals surface area contributed by atoms with Crippen molar-refractivity contribution in [2.45, 2.75) is 83.2 Å². The highest BCUT2D eigenvalue weighted by Gasteiger charge is 2.67. The molecule has 0 spiro atoms. The molecule has 0 aromatic heterocycles. The van der Waals surface area contributed by atoms with E-state index in [-0.39, 0.29) is 86.9 Å². The molecule has 0 saturated heterocycles. The fourth-order valence-electron chi connectivity index (χ4n) is 13.3. The van der Waals surface area contributed by atoms with Crippen LogP contribution in [0.5, 0.6) is 11.5 Å². The number of ether oxygens (including phenoxy) is 2. The van der Waals surface area contributed by atoms with Crippen LogP contribution in [-0.4, -0.2) is 127 Å². The summed E-state index contributed by atoms with van der Waals surface area (Å²) in [7, 11) is 6.68. The van der Waals surface area contributed by atoms with E-state index in [2.05, 4.69) is 22.6 Å². The van der Waals surface area contributed by atoms with E-state index < -0.39 is 122 Å². The number of hydrogen-bond donors (Lipinski definition) is 8. The number of ketones is 4. The molecule has 6 aliphatic rings. The van der Waals surface area contributed by atoms with E-state index in [4.69, 9.17) is 20.9 Å². The Balaban J connectivity index is 0.000000225. The van der Waals surface area contributed by atoms with Gasteiger partial charge < -0.3 is 51.6 Å².